The summed E-state index contributed by atoms with van der Waals surface area (Å²) in [6.45, 7) is 1.43. The van der Waals surface area contributed by atoms with Gasteiger partial charge in [-0.15, -0.1) is 0 Å². The lowest BCUT2D eigenvalue weighted by molar-refractivity contribution is -0.114. The molecular formula is C25H23FN6O3S. The Bertz CT molecular complexity index is 1490. The number of nitrogens with zero attached hydrogens (tertiary/aromatic N) is 5. The summed E-state index contributed by atoms with van der Waals surface area (Å²) in [4.78, 5) is 35.1. The molecule has 1 aromatic carbocycles. The summed E-state index contributed by atoms with van der Waals surface area (Å²) in [5.74, 6) is -0.776. The van der Waals surface area contributed by atoms with Gasteiger partial charge in [-0.1, -0.05) is 11.3 Å². The average molecular weight is 507 g/mol. The number of anilines is 1. The molecule has 1 aliphatic rings. The fourth-order valence-electron chi connectivity index (χ4n) is 4.18. The number of aromatic nitrogens is 4. The van der Waals surface area contributed by atoms with Gasteiger partial charge in [0.15, 0.2) is 5.13 Å². The smallest absolute Gasteiger partial charge is 0.256 e. The summed E-state index contributed by atoms with van der Waals surface area (Å²) in [6, 6.07) is 8.09. The van der Waals surface area contributed by atoms with Crippen molar-refractivity contribution < 1.29 is 18.7 Å². The molecule has 0 atom stereocenters. The Morgan fingerprint density at radius 3 is 2.64 bits per heavy atom. The minimum Gasteiger partial charge on any atom is -0.481 e. The Morgan fingerprint density at radius 1 is 1.19 bits per heavy atom. The van der Waals surface area contributed by atoms with Crippen LogP contribution in [-0.4, -0.2) is 57.7 Å². The third-order valence-corrected chi connectivity index (χ3v) is 6.86. The molecule has 9 nitrogen and oxygen atoms in total. The van der Waals surface area contributed by atoms with Crippen molar-refractivity contribution in [2.45, 2.75) is 19.8 Å². The summed E-state index contributed by atoms with van der Waals surface area (Å²) < 4.78 is 21.9. The standard InChI is InChI=1S/C25H23FN6O3S/c1-13(33)28-25-29-19-9-8-17-21(14-5-10-20(35-4)27-12-14)30-32(22(17)23(19)36-25)15-6-7-16(18(26)11-15)24(34)31(2)3/h5-7,10-12H,8-9H2,1-4H3,(H,28,29,33). The number of thiazole rings is 1. The lowest BCUT2D eigenvalue weighted by Crippen LogP contribution is -2.22. The second-order valence-electron chi connectivity index (χ2n) is 8.52. The van der Waals surface area contributed by atoms with E-state index in [0.717, 1.165) is 27.4 Å². The lowest BCUT2D eigenvalue weighted by atomic mass is 9.95. The number of carbonyl (C=O) groups is 2. The summed E-state index contributed by atoms with van der Waals surface area (Å²) in [5, 5.41) is 8.13. The molecule has 0 radical (unpaired) electrons. The van der Waals surface area contributed by atoms with Gasteiger partial charge in [0, 0.05) is 50.5 Å². The van der Waals surface area contributed by atoms with Crippen LogP contribution in [-0.2, 0) is 17.6 Å². The molecule has 2 amide bonds. The maximum atomic E-state index is 15.1. The van der Waals surface area contributed by atoms with E-state index in [2.05, 4.69) is 15.3 Å². The van der Waals surface area contributed by atoms with Gasteiger partial charge in [0.25, 0.3) is 5.91 Å². The molecule has 0 unspecified atom stereocenters. The number of benzene rings is 1. The molecule has 3 aromatic heterocycles. The Kier molecular flexibility index (Phi) is 6.00. The topological polar surface area (TPSA) is 102 Å². The number of aryl methyl sites for hydroxylation is 1. The number of rotatable bonds is 5. The number of amides is 2. The second-order valence-corrected chi connectivity index (χ2v) is 9.52. The molecule has 0 fully saturated rings. The molecule has 1 N–H and O–H groups in total. The zero-order chi connectivity index (χ0) is 25.6. The predicted octanol–water partition coefficient (Wildman–Crippen LogP) is 3.96. The van der Waals surface area contributed by atoms with Crippen molar-refractivity contribution in [1.29, 1.82) is 0 Å². The summed E-state index contributed by atoms with van der Waals surface area (Å²) in [6.07, 6.45) is 3.02. The quantitative estimate of drug-likeness (QED) is 0.440. The molecule has 4 aromatic rings. The number of carbonyl (C=O) groups excluding carboxylic acids is 2. The van der Waals surface area contributed by atoms with Gasteiger partial charge < -0.3 is 15.0 Å². The van der Waals surface area contributed by atoms with Crippen molar-refractivity contribution in [2.24, 2.45) is 0 Å². The minimum absolute atomic E-state index is 0.0178. The van der Waals surface area contributed by atoms with Crippen molar-refractivity contribution in [2.75, 3.05) is 26.5 Å². The van der Waals surface area contributed by atoms with Crippen LogP contribution in [0.4, 0.5) is 9.52 Å². The molecule has 0 saturated carbocycles. The van der Waals surface area contributed by atoms with Crippen LogP contribution in [0.25, 0.3) is 27.5 Å². The highest BCUT2D eigenvalue weighted by Gasteiger charge is 2.30. The summed E-state index contributed by atoms with van der Waals surface area (Å²) >= 11 is 1.35. The van der Waals surface area contributed by atoms with Crippen LogP contribution >= 0.6 is 11.3 Å². The molecule has 5 rings (SSSR count). The predicted molar refractivity (Wildman–Crippen MR) is 134 cm³/mol. The van der Waals surface area contributed by atoms with Crippen LogP contribution in [0.3, 0.4) is 0 Å². The van der Waals surface area contributed by atoms with Crippen molar-refractivity contribution in [3.63, 3.8) is 0 Å². The van der Waals surface area contributed by atoms with Gasteiger partial charge in [-0.05, 0) is 31.0 Å². The van der Waals surface area contributed by atoms with Crippen molar-refractivity contribution in [3.05, 3.63) is 59.2 Å². The van der Waals surface area contributed by atoms with Crippen LogP contribution in [0.1, 0.15) is 28.5 Å². The van der Waals surface area contributed by atoms with E-state index in [9.17, 15) is 9.59 Å². The number of pyridine rings is 1. The maximum Gasteiger partial charge on any atom is 0.256 e. The number of fused-ring (bicyclic) bond motifs is 3. The average Bonchev–Trinajstić information content (AvgIpc) is 3.44. The van der Waals surface area contributed by atoms with Crippen molar-refractivity contribution in [1.82, 2.24) is 24.6 Å². The molecule has 0 bridgehead atoms. The molecular weight excluding hydrogens is 483 g/mol. The molecule has 0 spiro atoms. The Hall–Kier alpha value is -4.12. The van der Waals surface area contributed by atoms with Gasteiger partial charge in [-0.25, -0.2) is 19.0 Å². The minimum atomic E-state index is -0.637. The van der Waals surface area contributed by atoms with Crippen LogP contribution in [0, 0.1) is 5.82 Å². The molecule has 36 heavy (non-hydrogen) atoms. The van der Waals surface area contributed by atoms with Gasteiger partial charge in [0.1, 0.15) is 5.82 Å². The molecule has 1 aliphatic carbocycles. The molecule has 184 valence electrons. The maximum absolute atomic E-state index is 15.1. The van der Waals surface area contributed by atoms with Gasteiger partial charge in [0.05, 0.1) is 40.3 Å². The van der Waals surface area contributed by atoms with Gasteiger partial charge in [-0.3, -0.25) is 9.59 Å². The van der Waals surface area contributed by atoms with E-state index in [1.54, 1.807) is 44.2 Å². The van der Waals surface area contributed by atoms with Gasteiger partial charge in [-0.2, -0.15) is 5.10 Å². The van der Waals surface area contributed by atoms with Crippen LogP contribution < -0.4 is 10.1 Å². The van der Waals surface area contributed by atoms with E-state index in [0.29, 0.717) is 35.2 Å². The molecule has 11 heteroatoms. The van der Waals surface area contributed by atoms with Crippen LogP contribution in [0.5, 0.6) is 5.88 Å². The van der Waals surface area contributed by atoms with Crippen molar-refractivity contribution in [3.8, 4) is 33.4 Å². The highest BCUT2D eigenvalue weighted by atomic mass is 32.1. The summed E-state index contributed by atoms with van der Waals surface area (Å²) in [5.41, 5.74) is 4.56. The largest absolute Gasteiger partial charge is 0.481 e. The normalized spacial score (nSPS) is 12.0. The first-order valence-corrected chi connectivity index (χ1v) is 12.0. The number of halogens is 1. The van der Waals surface area contributed by atoms with E-state index in [1.807, 2.05) is 6.07 Å². The zero-order valence-electron chi connectivity index (χ0n) is 20.1. The highest BCUT2D eigenvalue weighted by Crippen LogP contribution is 2.44. The Labute approximate surface area is 210 Å². The third kappa shape index (κ3) is 4.11. The van der Waals surface area contributed by atoms with Gasteiger partial charge >= 0.3 is 0 Å². The first-order chi connectivity index (χ1) is 17.3. The SMILES string of the molecule is COc1ccc(-c2nn(-c3ccc(C(=O)N(C)C)c(F)c3)c3c2CCc2nc(NC(C)=O)sc2-3)cn1. The number of nitrogens with one attached hydrogen (secondary N) is 1. The van der Waals surface area contributed by atoms with Gasteiger partial charge in [0.2, 0.25) is 11.8 Å². The molecule has 3 heterocycles. The molecule has 0 saturated heterocycles. The first-order valence-electron chi connectivity index (χ1n) is 11.2. The zero-order valence-corrected chi connectivity index (χ0v) is 20.9. The summed E-state index contributed by atoms with van der Waals surface area (Å²) in [7, 11) is 4.70. The number of methoxy groups -OCH3 is 1. The Balaban J connectivity index is 1.69. The van der Waals surface area contributed by atoms with E-state index in [-0.39, 0.29) is 11.5 Å². The van der Waals surface area contributed by atoms with E-state index in [4.69, 9.17) is 9.84 Å². The highest BCUT2D eigenvalue weighted by molar-refractivity contribution is 7.19. The third-order valence-electron chi connectivity index (χ3n) is 5.84. The van der Waals surface area contributed by atoms with Crippen molar-refractivity contribution >= 4 is 28.3 Å². The monoisotopic (exact) mass is 506 g/mol. The fourth-order valence-corrected chi connectivity index (χ4v) is 5.30. The first kappa shape index (κ1) is 23.6. The number of ether oxygens (including phenoxy) is 1. The van der Waals surface area contributed by atoms with E-state index in [1.165, 1.54) is 35.3 Å². The van der Waals surface area contributed by atoms with E-state index >= 15 is 4.39 Å². The van der Waals surface area contributed by atoms with E-state index < -0.39 is 11.7 Å². The van der Waals surface area contributed by atoms with Crippen LogP contribution in [0.15, 0.2) is 36.5 Å². The fraction of sp³-hybridized carbons (Fsp3) is 0.240. The Morgan fingerprint density at radius 2 is 2.00 bits per heavy atom. The number of hydrogen-bond acceptors (Lipinski definition) is 7. The number of hydrogen-bond donors (Lipinski definition) is 1. The second kappa shape index (κ2) is 9.15. The van der Waals surface area contributed by atoms with Crippen LogP contribution in [0.2, 0.25) is 0 Å². The lowest BCUT2D eigenvalue weighted by Gasteiger charge is -2.15. The molecule has 0 aliphatic heterocycles.